The summed E-state index contributed by atoms with van der Waals surface area (Å²) in [5.41, 5.74) is 0.794. The normalized spacial score (nSPS) is 18.0. The van der Waals surface area contributed by atoms with Crippen molar-refractivity contribution in [3.05, 3.63) is 53.5 Å². The summed E-state index contributed by atoms with van der Waals surface area (Å²) in [6.45, 7) is 2.05. The molecule has 1 aliphatic heterocycles. The lowest BCUT2D eigenvalue weighted by Gasteiger charge is -2.18. The molecule has 130 valence electrons. The minimum atomic E-state index is -3.71. The van der Waals surface area contributed by atoms with Crippen LogP contribution in [0, 0.1) is 24.1 Å². The lowest BCUT2D eigenvalue weighted by Crippen LogP contribution is -2.31. The molecule has 6 nitrogen and oxygen atoms in total. The van der Waals surface area contributed by atoms with E-state index in [0.29, 0.717) is 30.0 Å². The van der Waals surface area contributed by atoms with Crippen LogP contribution in [0.5, 0.6) is 5.88 Å². The van der Waals surface area contributed by atoms with Gasteiger partial charge in [-0.3, -0.25) is 0 Å². The van der Waals surface area contributed by atoms with E-state index < -0.39 is 15.8 Å². The van der Waals surface area contributed by atoms with Gasteiger partial charge in [-0.05, 0) is 43.2 Å². The number of nitrogens with zero attached hydrogens (tertiary/aromatic N) is 3. The molecule has 2 heterocycles. The molecule has 1 aromatic heterocycles. The fourth-order valence-corrected chi connectivity index (χ4v) is 4.46. The molecular weight excluding hydrogens is 345 g/mol. The number of aryl methyl sites for hydroxylation is 1. The zero-order valence-corrected chi connectivity index (χ0v) is 14.3. The van der Waals surface area contributed by atoms with Gasteiger partial charge in [0.1, 0.15) is 11.9 Å². The summed E-state index contributed by atoms with van der Waals surface area (Å²) in [6.07, 6.45) is 1.63. The van der Waals surface area contributed by atoms with Gasteiger partial charge in [0, 0.05) is 18.8 Å². The third kappa shape index (κ3) is 3.62. The standard InChI is InChI=1S/C17H16FN3O3S/c1-12-8-14(18)2-3-16(12)25(22,23)21-7-5-15(11-21)24-17-9-13(10-19)4-6-20-17/h2-4,6,8-9,15H,5,7,11H2,1H3. The summed E-state index contributed by atoms with van der Waals surface area (Å²) >= 11 is 0. The van der Waals surface area contributed by atoms with Crippen LogP contribution in [0.4, 0.5) is 4.39 Å². The highest BCUT2D eigenvalue weighted by molar-refractivity contribution is 7.89. The highest BCUT2D eigenvalue weighted by Gasteiger charge is 2.34. The maximum atomic E-state index is 13.2. The molecule has 8 heteroatoms. The Labute approximate surface area is 145 Å². The van der Waals surface area contributed by atoms with Crippen molar-refractivity contribution < 1.29 is 17.5 Å². The number of pyridine rings is 1. The third-order valence-electron chi connectivity index (χ3n) is 4.01. The van der Waals surface area contributed by atoms with E-state index in [1.165, 1.54) is 28.7 Å². The lowest BCUT2D eigenvalue weighted by atomic mass is 10.2. The van der Waals surface area contributed by atoms with E-state index in [0.717, 1.165) is 6.07 Å². The number of ether oxygens (including phenoxy) is 1. The second-order valence-electron chi connectivity index (χ2n) is 5.80. The monoisotopic (exact) mass is 361 g/mol. The SMILES string of the molecule is Cc1cc(F)ccc1S(=O)(=O)N1CCC(Oc2cc(C#N)ccn2)C1. The molecule has 0 radical (unpaired) electrons. The number of halogens is 1. The molecule has 2 aromatic rings. The van der Waals surface area contributed by atoms with Crippen LogP contribution in [-0.4, -0.2) is 36.9 Å². The van der Waals surface area contributed by atoms with Crippen molar-refractivity contribution in [2.24, 2.45) is 0 Å². The molecule has 0 saturated carbocycles. The van der Waals surface area contributed by atoms with Gasteiger partial charge in [0.05, 0.1) is 23.1 Å². The molecular formula is C17H16FN3O3S. The summed E-state index contributed by atoms with van der Waals surface area (Å²) in [7, 11) is -3.71. The van der Waals surface area contributed by atoms with E-state index in [1.807, 2.05) is 6.07 Å². The Kier molecular flexibility index (Phi) is 4.70. The van der Waals surface area contributed by atoms with Gasteiger partial charge in [0.2, 0.25) is 15.9 Å². The number of aromatic nitrogens is 1. The molecule has 1 unspecified atom stereocenters. The summed E-state index contributed by atoms with van der Waals surface area (Å²) < 4.78 is 45.8. The Hall–Kier alpha value is -2.50. The van der Waals surface area contributed by atoms with E-state index in [-0.39, 0.29) is 17.5 Å². The first-order chi connectivity index (χ1) is 11.9. The fraction of sp³-hybridized carbons (Fsp3) is 0.294. The van der Waals surface area contributed by atoms with E-state index in [9.17, 15) is 12.8 Å². The van der Waals surface area contributed by atoms with Crippen molar-refractivity contribution in [2.75, 3.05) is 13.1 Å². The predicted molar refractivity (Wildman–Crippen MR) is 87.9 cm³/mol. The second kappa shape index (κ2) is 6.78. The van der Waals surface area contributed by atoms with E-state index in [1.54, 1.807) is 13.0 Å². The highest BCUT2D eigenvalue weighted by atomic mass is 32.2. The van der Waals surface area contributed by atoms with Crippen LogP contribution in [0.15, 0.2) is 41.4 Å². The largest absolute Gasteiger partial charge is 0.473 e. The van der Waals surface area contributed by atoms with Crippen LogP contribution < -0.4 is 4.74 Å². The number of hydrogen-bond acceptors (Lipinski definition) is 5. The Morgan fingerprint density at radius 3 is 2.88 bits per heavy atom. The number of sulfonamides is 1. The van der Waals surface area contributed by atoms with Crippen molar-refractivity contribution in [1.82, 2.24) is 9.29 Å². The topological polar surface area (TPSA) is 83.3 Å². The Bertz CT molecular complexity index is 940. The van der Waals surface area contributed by atoms with Crippen molar-refractivity contribution in [2.45, 2.75) is 24.3 Å². The first-order valence-corrected chi connectivity index (χ1v) is 9.13. The van der Waals surface area contributed by atoms with Gasteiger partial charge < -0.3 is 4.74 Å². The molecule has 0 spiro atoms. The number of benzene rings is 1. The van der Waals surface area contributed by atoms with Crippen molar-refractivity contribution >= 4 is 10.0 Å². The summed E-state index contributed by atoms with van der Waals surface area (Å²) in [5, 5.41) is 8.90. The van der Waals surface area contributed by atoms with Crippen LogP contribution in [0.3, 0.4) is 0 Å². The van der Waals surface area contributed by atoms with Crippen molar-refractivity contribution in [3.63, 3.8) is 0 Å². The molecule has 0 amide bonds. The van der Waals surface area contributed by atoms with Crippen LogP contribution >= 0.6 is 0 Å². The zero-order chi connectivity index (χ0) is 18.0. The van der Waals surface area contributed by atoms with Gasteiger partial charge in [-0.1, -0.05) is 0 Å². The first kappa shape index (κ1) is 17.3. The van der Waals surface area contributed by atoms with Gasteiger partial charge in [-0.15, -0.1) is 0 Å². The average Bonchev–Trinajstić information content (AvgIpc) is 3.04. The van der Waals surface area contributed by atoms with Crippen LogP contribution in [-0.2, 0) is 10.0 Å². The van der Waals surface area contributed by atoms with Gasteiger partial charge >= 0.3 is 0 Å². The first-order valence-electron chi connectivity index (χ1n) is 7.69. The van der Waals surface area contributed by atoms with Crippen LogP contribution in [0.2, 0.25) is 0 Å². The molecule has 1 aliphatic rings. The fourth-order valence-electron chi connectivity index (χ4n) is 2.77. The molecule has 1 aromatic carbocycles. The summed E-state index contributed by atoms with van der Waals surface area (Å²) in [6, 6.07) is 8.71. The van der Waals surface area contributed by atoms with Gasteiger partial charge in [-0.25, -0.2) is 17.8 Å². The maximum absolute atomic E-state index is 13.2. The molecule has 0 N–H and O–H groups in total. The van der Waals surface area contributed by atoms with Gasteiger partial charge in [0.25, 0.3) is 0 Å². The molecule has 0 bridgehead atoms. The molecule has 1 saturated heterocycles. The Balaban J connectivity index is 1.74. The highest BCUT2D eigenvalue weighted by Crippen LogP contribution is 2.26. The van der Waals surface area contributed by atoms with E-state index in [4.69, 9.17) is 10.00 Å². The smallest absolute Gasteiger partial charge is 0.243 e. The molecule has 1 fully saturated rings. The van der Waals surface area contributed by atoms with Crippen LogP contribution in [0.25, 0.3) is 0 Å². The van der Waals surface area contributed by atoms with Crippen molar-refractivity contribution in [1.29, 1.82) is 5.26 Å². The van der Waals surface area contributed by atoms with Crippen molar-refractivity contribution in [3.8, 4) is 11.9 Å². The van der Waals surface area contributed by atoms with Gasteiger partial charge in [-0.2, -0.15) is 9.57 Å². The maximum Gasteiger partial charge on any atom is 0.243 e. The average molecular weight is 361 g/mol. The molecule has 0 aliphatic carbocycles. The number of nitriles is 1. The minimum absolute atomic E-state index is 0.0964. The summed E-state index contributed by atoms with van der Waals surface area (Å²) in [5.74, 6) is -0.177. The number of rotatable bonds is 4. The van der Waals surface area contributed by atoms with Gasteiger partial charge in [0.15, 0.2) is 0 Å². The minimum Gasteiger partial charge on any atom is -0.473 e. The lowest BCUT2D eigenvalue weighted by molar-refractivity contribution is 0.207. The Morgan fingerprint density at radius 1 is 1.36 bits per heavy atom. The number of hydrogen-bond donors (Lipinski definition) is 0. The summed E-state index contributed by atoms with van der Waals surface area (Å²) in [4.78, 5) is 4.13. The molecule has 3 rings (SSSR count). The third-order valence-corrected chi connectivity index (χ3v) is 6.04. The predicted octanol–water partition coefficient (Wildman–Crippen LogP) is 2.24. The quantitative estimate of drug-likeness (QED) is 0.834. The Morgan fingerprint density at radius 2 is 2.16 bits per heavy atom. The van der Waals surface area contributed by atoms with E-state index >= 15 is 0 Å². The van der Waals surface area contributed by atoms with E-state index in [2.05, 4.69) is 4.98 Å². The molecule has 1 atom stereocenters. The second-order valence-corrected chi connectivity index (χ2v) is 7.70. The zero-order valence-electron chi connectivity index (χ0n) is 13.5. The van der Waals surface area contributed by atoms with Crippen LogP contribution in [0.1, 0.15) is 17.5 Å². The molecule has 25 heavy (non-hydrogen) atoms.